The summed E-state index contributed by atoms with van der Waals surface area (Å²) in [6.45, 7) is 3.15. The zero-order valence-corrected chi connectivity index (χ0v) is 20.1. The first kappa shape index (κ1) is 21.9. The van der Waals surface area contributed by atoms with Gasteiger partial charge in [0.25, 0.3) is 5.91 Å². The van der Waals surface area contributed by atoms with E-state index in [1.165, 1.54) is 11.3 Å². The van der Waals surface area contributed by atoms with Crippen LogP contribution in [0.2, 0.25) is 5.02 Å². The average molecular weight is 498 g/mol. The molecule has 2 amide bonds. The van der Waals surface area contributed by atoms with E-state index in [4.69, 9.17) is 21.3 Å². The number of carbonyl (C=O) groups excluding carboxylic acids is 2. The van der Waals surface area contributed by atoms with E-state index in [1.807, 2.05) is 24.3 Å². The van der Waals surface area contributed by atoms with Crippen LogP contribution >= 0.6 is 34.3 Å². The van der Waals surface area contributed by atoms with Crippen LogP contribution in [0.1, 0.15) is 27.7 Å². The van der Waals surface area contributed by atoms with Crippen molar-refractivity contribution < 1.29 is 14.3 Å². The molecule has 0 fully saturated rings. The Balaban J connectivity index is 1.55. The first-order valence-corrected chi connectivity index (χ1v) is 12.5. The number of anilines is 1. The van der Waals surface area contributed by atoms with Crippen LogP contribution in [0.5, 0.6) is 0 Å². The molecule has 3 heterocycles. The minimum atomic E-state index is -0.315. The van der Waals surface area contributed by atoms with Gasteiger partial charge in [0.1, 0.15) is 10.0 Å². The van der Waals surface area contributed by atoms with E-state index >= 15 is 0 Å². The quantitative estimate of drug-likeness (QED) is 0.352. The minimum absolute atomic E-state index is 0.213. The molecule has 2 aromatic heterocycles. The van der Waals surface area contributed by atoms with Crippen LogP contribution in [0, 0.1) is 0 Å². The van der Waals surface area contributed by atoms with Crippen molar-refractivity contribution in [3.05, 3.63) is 69.6 Å². The second-order valence-electron chi connectivity index (χ2n) is 7.53. The van der Waals surface area contributed by atoms with Gasteiger partial charge in [0.15, 0.2) is 0 Å². The summed E-state index contributed by atoms with van der Waals surface area (Å²) in [4.78, 5) is 32.9. The van der Waals surface area contributed by atoms with Gasteiger partial charge in [-0.2, -0.15) is 0 Å². The molecular formula is C24H20ClN3O3S2. The summed E-state index contributed by atoms with van der Waals surface area (Å²) in [6.07, 6.45) is 0.358. The summed E-state index contributed by atoms with van der Waals surface area (Å²) in [5.74, 6) is -0.213. The van der Waals surface area contributed by atoms with E-state index in [0.717, 1.165) is 36.2 Å². The summed E-state index contributed by atoms with van der Waals surface area (Å²) < 4.78 is 6.28. The first-order chi connectivity index (χ1) is 16.0. The van der Waals surface area contributed by atoms with Gasteiger partial charge in [0.2, 0.25) is 0 Å². The normalized spacial score (nSPS) is 13.1. The average Bonchev–Trinajstić information content (AvgIpc) is 3.39. The molecule has 0 spiro atoms. The molecule has 0 bridgehead atoms. The van der Waals surface area contributed by atoms with Crippen molar-refractivity contribution >= 4 is 61.5 Å². The second-order valence-corrected chi connectivity index (χ2v) is 10.1. The van der Waals surface area contributed by atoms with E-state index in [0.29, 0.717) is 36.7 Å². The Kier molecular flexibility index (Phi) is 6.05. The third-order valence-electron chi connectivity index (χ3n) is 5.42. The summed E-state index contributed by atoms with van der Waals surface area (Å²) in [5, 5.41) is 5.27. The number of aromatic nitrogens is 1. The molecule has 0 saturated carbocycles. The second kappa shape index (κ2) is 9.13. The number of amides is 2. The van der Waals surface area contributed by atoms with Gasteiger partial charge in [-0.05, 0) is 55.3 Å². The minimum Gasteiger partial charge on any atom is -0.450 e. The largest absolute Gasteiger partial charge is 0.450 e. The van der Waals surface area contributed by atoms with Crippen molar-refractivity contribution in [1.29, 1.82) is 0 Å². The maximum atomic E-state index is 13.0. The Hall–Kier alpha value is -2.94. The molecule has 9 heteroatoms. The van der Waals surface area contributed by atoms with Gasteiger partial charge in [0, 0.05) is 27.6 Å². The number of thiazole rings is 1. The van der Waals surface area contributed by atoms with Crippen LogP contribution in [-0.2, 0) is 17.7 Å². The lowest BCUT2D eigenvalue weighted by Crippen LogP contribution is -2.35. The smallest absolute Gasteiger partial charge is 0.410 e. The predicted octanol–water partition coefficient (Wildman–Crippen LogP) is 6.45. The number of benzene rings is 2. The predicted molar refractivity (Wildman–Crippen MR) is 133 cm³/mol. The van der Waals surface area contributed by atoms with Crippen LogP contribution in [0.25, 0.3) is 20.8 Å². The number of nitrogens with one attached hydrogen (secondary N) is 1. The third-order valence-corrected chi connectivity index (χ3v) is 7.86. The van der Waals surface area contributed by atoms with Gasteiger partial charge >= 0.3 is 6.09 Å². The van der Waals surface area contributed by atoms with Crippen molar-refractivity contribution in [1.82, 2.24) is 9.88 Å². The first-order valence-electron chi connectivity index (χ1n) is 10.5. The number of nitrogens with zero attached hydrogens (tertiary/aromatic N) is 2. The number of rotatable bonds is 4. The number of para-hydroxylation sites is 1. The number of fused-ring (bicyclic) bond motifs is 2. The Morgan fingerprint density at radius 3 is 2.70 bits per heavy atom. The Morgan fingerprint density at radius 2 is 1.94 bits per heavy atom. The molecule has 0 radical (unpaired) electrons. The molecular weight excluding hydrogens is 478 g/mol. The summed E-state index contributed by atoms with van der Waals surface area (Å²) in [5.41, 5.74) is 3.53. The van der Waals surface area contributed by atoms with Crippen molar-refractivity contribution in [2.75, 3.05) is 18.5 Å². The van der Waals surface area contributed by atoms with Gasteiger partial charge in [-0.25, -0.2) is 9.78 Å². The highest BCUT2D eigenvalue weighted by Gasteiger charge is 2.30. The number of hydrogen-bond donors (Lipinski definition) is 1. The molecule has 0 unspecified atom stereocenters. The summed E-state index contributed by atoms with van der Waals surface area (Å²) in [6, 6.07) is 14.8. The molecule has 33 heavy (non-hydrogen) atoms. The molecule has 6 nitrogen and oxygen atoms in total. The summed E-state index contributed by atoms with van der Waals surface area (Å²) >= 11 is 9.07. The standard InChI is InChI=1S/C24H20ClN3O3S2/c1-2-31-24(30)28-12-11-16-19(13-28)33-23(27-21(29)14-7-9-15(25)10-8-14)20(16)22-26-17-5-3-4-6-18(17)32-22/h3-10H,2,11-13H2,1H3,(H,27,29). The van der Waals surface area contributed by atoms with E-state index < -0.39 is 0 Å². The van der Waals surface area contributed by atoms with Gasteiger partial charge < -0.3 is 15.0 Å². The van der Waals surface area contributed by atoms with Crippen LogP contribution in [-0.4, -0.2) is 35.0 Å². The molecule has 0 saturated heterocycles. The number of carbonyl (C=O) groups is 2. The lowest BCUT2D eigenvalue weighted by atomic mass is 10.0. The fourth-order valence-corrected chi connectivity index (χ4v) is 6.34. The maximum absolute atomic E-state index is 13.0. The van der Waals surface area contributed by atoms with Crippen molar-refractivity contribution in [2.45, 2.75) is 19.9 Å². The van der Waals surface area contributed by atoms with Gasteiger partial charge in [-0.15, -0.1) is 22.7 Å². The highest BCUT2D eigenvalue weighted by molar-refractivity contribution is 7.23. The van der Waals surface area contributed by atoms with Crippen molar-refractivity contribution in [2.24, 2.45) is 0 Å². The van der Waals surface area contributed by atoms with Crippen LogP contribution < -0.4 is 5.32 Å². The van der Waals surface area contributed by atoms with E-state index in [1.54, 1.807) is 47.4 Å². The van der Waals surface area contributed by atoms with Crippen LogP contribution in [0.3, 0.4) is 0 Å². The lowest BCUT2D eigenvalue weighted by molar-refractivity contribution is 0.102. The highest BCUT2D eigenvalue weighted by atomic mass is 35.5. The highest BCUT2D eigenvalue weighted by Crippen LogP contribution is 2.45. The number of ether oxygens (including phenoxy) is 1. The van der Waals surface area contributed by atoms with Gasteiger partial charge in [-0.3, -0.25) is 4.79 Å². The topological polar surface area (TPSA) is 71.5 Å². The molecule has 4 aromatic rings. The number of halogens is 1. The monoisotopic (exact) mass is 497 g/mol. The molecule has 1 N–H and O–H groups in total. The number of thiophene rings is 1. The SMILES string of the molecule is CCOC(=O)N1CCc2c(sc(NC(=O)c3ccc(Cl)cc3)c2-c2nc3ccccc3s2)C1. The maximum Gasteiger partial charge on any atom is 0.410 e. The molecule has 0 aliphatic carbocycles. The fourth-order valence-electron chi connectivity index (χ4n) is 3.84. The molecule has 168 valence electrons. The Bertz CT molecular complexity index is 1310. The van der Waals surface area contributed by atoms with E-state index in [-0.39, 0.29) is 12.0 Å². The zero-order chi connectivity index (χ0) is 22.9. The molecule has 1 aliphatic rings. The molecule has 1 aliphatic heterocycles. The summed E-state index contributed by atoms with van der Waals surface area (Å²) in [7, 11) is 0. The van der Waals surface area contributed by atoms with Crippen LogP contribution in [0.4, 0.5) is 9.80 Å². The van der Waals surface area contributed by atoms with E-state index in [2.05, 4.69) is 5.32 Å². The Labute approximate surface area is 203 Å². The van der Waals surface area contributed by atoms with Crippen LogP contribution in [0.15, 0.2) is 48.5 Å². The molecule has 0 atom stereocenters. The van der Waals surface area contributed by atoms with Crippen molar-refractivity contribution in [3.63, 3.8) is 0 Å². The third kappa shape index (κ3) is 4.34. The Morgan fingerprint density at radius 1 is 1.15 bits per heavy atom. The van der Waals surface area contributed by atoms with Crippen molar-refractivity contribution in [3.8, 4) is 10.6 Å². The van der Waals surface area contributed by atoms with Gasteiger partial charge in [0.05, 0.1) is 23.4 Å². The van der Waals surface area contributed by atoms with E-state index in [9.17, 15) is 9.59 Å². The number of hydrogen-bond acceptors (Lipinski definition) is 6. The lowest BCUT2D eigenvalue weighted by Gasteiger charge is -2.26. The van der Waals surface area contributed by atoms with Gasteiger partial charge in [-0.1, -0.05) is 23.7 Å². The molecule has 2 aromatic carbocycles. The zero-order valence-electron chi connectivity index (χ0n) is 17.8. The fraction of sp³-hybridized carbons (Fsp3) is 0.208. The molecule has 5 rings (SSSR count).